The van der Waals surface area contributed by atoms with Crippen LogP contribution in [0.4, 0.5) is 0 Å². The van der Waals surface area contributed by atoms with Gasteiger partial charge in [0, 0.05) is 11.6 Å². The zero-order valence-electron chi connectivity index (χ0n) is 14.9. The van der Waals surface area contributed by atoms with E-state index in [9.17, 15) is 4.79 Å². The van der Waals surface area contributed by atoms with Crippen LogP contribution in [0.1, 0.15) is 38.2 Å². The molecule has 0 radical (unpaired) electrons. The van der Waals surface area contributed by atoms with Crippen molar-refractivity contribution in [2.24, 2.45) is 11.1 Å². The Morgan fingerprint density at radius 3 is 2.76 bits per heavy atom. The number of oxime groups is 1. The first-order valence-electron chi connectivity index (χ1n) is 8.41. The lowest BCUT2D eigenvalue weighted by Gasteiger charge is -2.29. The van der Waals surface area contributed by atoms with Crippen LogP contribution in [0.25, 0.3) is 0 Å². The molecule has 1 aromatic carbocycles. The summed E-state index contributed by atoms with van der Waals surface area (Å²) in [4.78, 5) is 17.0. The monoisotopic (exact) mass is 368 g/mol. The molecule has 1 N–H and O–H groups in total. The van der Waals surface area contributed by atoms with Crippen LogP contribution >= 0.6 is 11.6 Å². The third-order valence-corrected chi connectivity index (χ3v) is 4.67. The Kier molecular flexibility index (Phi) is 7.37. The van der Waals surface area contributed by atoms with E-state index in [0.29, 0.717) is 28.0 Å². The molecule has 0 bridgehead atoms. The van der Waals surface area contributed by atoms with Crippen LogP contribution in [0.15, 0.2) is 17.3 Å². The molecule has 1 fully saturated rings. The molecule has 1 saturated carbocycles. The number of hydrogen-bond donors (Lipinski definition) is 1. The molecule has 6 nitrogen and oxygen atoms in total. The van der Waals surface area contributed by atoms with Crippen molar-refractivity contribution < 1.29 is 19.1 Å². The van der Waals surface area contributed by atoms with E-state index >= 15 is 0 Å². The highest BCUT2D eigenvalue weighted by Gasteiger charge is 2.22. The number of halogens is 1. The second kappa shape index (κ2) is 9.51. The van der Waals surface area contributed by atoms with Gasteiger partial charge in [0.15, 0.2) is 18.1 Å². The van der Waals surface area contributed by atoms with Gasteiger partial charge in [-0.05, 0) is 30.9 Å². The van der Waals surface area contributed by atoms with E-state index in [0.717, 1.165) is 19.3 Å². The highest BCUT2D eigenvalue weighted by molar-refractivity contribution is 6.32. The SMILES string of the molecule is COc1cc(/C=N\OCC(=O)N[C@H]2CCCC[C@@H]2C)cc(Cl)c1OC. The maximum absolute atomic E-state index is 11.9. The van der Waals surface area contributed by atoms with Gasteiger partial charge in [-0.25, -0.2) is 0 Å². The van der Waals surface area contributed by atoms with Gasteiger partial charge < -0.3 is 19.6 Å². The minimum Gasteiger partial charge on any atom is -0.493 e. The Hall–Kier alpha value is -1.95. The lowest BCUT2D eigenvalue weighted by atomic mass is 9.86. The van der Waals surface area contributed by atoms with Gasteiger partial charge in [0.25, 0.3) is 5.91 Å². The van der Waals surface area contributed by atoms with E-state index in [-0.39, 0.29) is 18.6 Å². The van der Waals surface area contributed by atoms with Gasteiger partial charge in [0.2, 0.25) is 0 Å². The molecule has 0 aliphatic heterocycles. The minimum atomic E-state index is -0.152. The predicted octanol–water partition coefficient (Wildman–Crippen LogP) is 3.40. The number of ether oxygens (including phenoxy) is 2. The van der Waals surface area contributed by atoms with E-state index in [4.69, 9.17) is 25.9 Å². The molecule has 25 heavy (non-hydrogen) atoms. The molecule has 0 spiro atoms. The second-order valence-electron chi connectivity index (χ2n) is 6.18. The second-order valence-corrected chi connectivity index (χ2v) is 6.59. The maximum atomic E-state index is 11.9. The number of nitrogens with zero attached hydrogens (tertiary/aromatic N) is 1. The molecule has 1 aromatic rings. The summed E-state index contributed by atoms with van der Waals surface area (Å²) < 4.78 is 10.4. The zero-order chi connectivity index (χ0) is 18.2. The van der Waals surface area contributed by atoms with Gasteiger partial charge in [-0.1, -0.05) is 36.5 Å². The first-order valence-corrected chi connectivity index (χ1v) is 8.79. The summed E-state index contributed by atoms with van der Waals surface area (Å²) in [6.45, 7) is 2.06. The Labute approximate surface area is 153 Å². The van der Waals surface area contributed by atoms with Gasteiger partial charge in [-0.15, -0.1) is 0 Å². The van der Waals surface area contributed by atoms with E-state index in [1.54, 1.807) is 12.1 Å². The maximum Gasteiger partial charge on any atom is 0.261 e. The Morgan fingerprint density at radius 2 is 2.08 bits per heavy atom. The fourth-order valence-corrected chi connectivity index (χ4v) is 3.28. The number of carbonyl (C=O) groups excluding carboxylic acids is 1. The summed E-state index contributed by atoms with van der Waals surface area (Å²) in [5.74, 6) is 1.32. The number of rotatable bonds is 7. The van der Waals surface area contributed by atoms with Gasteiger partial charge >= 0.3 is 0 Å². The molecule has 0 aromatic heterocycles. The standard InChI is InChI=1S/C18H25ClN2O4/c1-12-6-4-5-7-15(12)21-17(22)11-25-20-10-13-8-14(19)18(24-3)16(9-13)23-2/h8-10,12,15H,4-7,11H2,1-3H3,(H,21,22)/b20-10-/t12-,15-/m0/s1. The molecule has 0 saturated heterocycles. The molecular formula is C18H25ClN2O4. The van der Waals surface area contributed by atoms with Crippen LogP contribution in [0, 0.1) is 5.92 Å². The Morgan fingerprint density at radius 1 is 1.32 bits per heavy atom. The average molecular weight is 369 g/mol. The third-order valence-electron chi connectivity index (χ3n) is 4.39. The third kappa shape index (κ3) is 5.53. The van der Waals surface area contributed by atoms with E-state index in [1.165, 1.54) is 26.9 Å². The van der Waals surface area contributed by atoms with Crippen molar-refractivity contribution in [3.05, 3.63) is 22.7 Å². The fourth-order valence-electron chi connectivity index (χ4n) is 2.99. The normalized spacial score (nSPS) is 20.3. The van der Waals surface area contributed by atoms with E-state index in [2.05, 4.69) is 17.4 Å². The van der Waals surface area contributed by atoms with Gasteiger partial charge in [-0.2, -0.15) is 0 Å². The molecule has 2 atom stereocenters. The highest BCUT2D eigenvalue weighted by Crippen LogP contribution is 2.35. The summed E-state index contributed by atoms with van der Waals surface area (Å²) in [6, 6.07) is 3.64. The van der Waals surface area contributed by atoms with Crippen LogP contribution < -0.4 is 14.8 Å². The van der Waals surface area contributed by atoms with Crippen LogP contribution in [0.3, 0.4) is 0 Å². The molecule has 0 heterocycles. The average Bonchev–Trinajstić information content (AvgIpc) is 2.60. The predicted molar refractivity (Wildman–Crippen MR) is 97.7 cm³/mol. The van der Waals surface area contributed by atoms with Crippen LogP contribution in [-0.4, -0.2) is 39.0 Å². The first kappa shape index (κ1) is 19.4. The number of nitrogens with one attached hydrogen (secondary N) is 1. The van der Waals surface area contributed by atoms with E-state index in [1.807, 2.05) is 0 Å². The summed E-state index contributed by atoms with van der Waals surface area (Å²) in [7, 11) is 3.05. The van der Waals surface area contributed by atoms with Crippen molar-refractivity contribution in [1.29, 1.82) is 0 Å². The van der Waals surface area contributed by atoms with Crippen molar-refractivity contribution in [2.75, 3.05) is 20.8 Å². The van der Waals surface area contributed by atoms with Crippen molar-refractivity contribution >= 4 is 23.7 Å². The minimum absolute atomic E-state index is 0.110. The van der Waals surface area contributed by atoms with Crippen LogP contribution in [0.5, 0.6) is 11.5 Å². The van der Waals surface area contributed by atoms with Crippen molar-refractivity contribution in [2.45, 2.75) is 38.6 Å². The topological polar surface area (TPSA) is 69.2 Å². The quantitative estimate of drug-likeness (QED) is 0.591. The first-order chi connectivity index (χ1) is 12.0. The Bertz CT molecular complexity index is 621. The molecule has 0 unspecified atom stereocenters. The molecule has 1 aliphatic rings. The molecule has 138 valence electrons. The number of methoxy groups -OCH3 is 2. The summed E-state index contributed by atoms with van der Waals surface area (Å²) in [5, 5.41) is 7.25. The van der Waals surface area contributed by atoms with Crippen molar-refractivity contribution in [3.63, 3.8) is 0 Å². The summed E-state index contributed by atoms with van der Waals surface area (Å²) in [5.41, 5.74) is 0.684. The molecule has 7 heteroatoms. The number of benzene rings is 1. The van der Waals surface area contributed by atoms with Crippen molar-refractivity contribution in [1.82, 2.24) is 5.32 Å². The van der Waals surface area contributed by atoms with Gasteiger partial charge in [0.1, 0.15) is 0 Å². The summed E-state index contributed by atoms with van der Waals surface area (Å²) in [6.07, 6.45) is 6.06. The van der Waals surface area contributed by atoms with Crippen molar-refractivity contribution in [3.8, 4) is 11.5 Å². The lowest BCUT2D eigenvalue weighted by Crippen LogP contribution is -2.42. The largest absolute Gasteiger partial charge is 0.493 e. The highest BCUT2D eigenvalue weighted by atomic mass is 35.5. The molecule has 2 rings (SSSR count). The smallest absolute Gasteiger partial charge is 0.261 e. The lowest BCUT2D eigenvalue weighted by molar-refractivity contribution is -0.126. The fraction of sp³-hybridized carbons (Fsp3) is 0.556. The molecule has 1 amide bonds. The van der Waals surface area contributed by atoms with E-state index < -0.39 is 0 Å². The molecule has 1 aliphatic carbocycles. The summed E-state index contributed by atoms with van der Waals surface area (Å²) >= 11 is 6.13. The van der Waals surface area contributed by atoms with Gasteiger partial charge in [0.05, 0.1) is 25.5 Å². The number of hydrogen-bond acceptors (Lipinski definition) is 5. The molecular weight excluding hydrogens is 344 g/mol. The van der Waals surface area contributed by atoms with Gasteiger partial charge in [-0.3, -0.25) is 4.79 Å². The number of carbonyl (C=O) groups is 1. The Balaban J connectivity index is 1.84. The zero-order valence-corrected chi connectivity index (χ0v) is 15.6. The van der Waals surface area contributed by atoms with Crippen LogP contribution in [-0.2, 0) is 9.63 Å². The number of amides is 1. The van der Waals surface area contributed by atoms with Crippen LogP contribution in [0.2, 0.25) is 5.02 Å².